The number of urea groups is 1. The van der Waals surface area contributed by atoms with Crippen LogP contribution < -0.4 is 15.0 Å². The van der Waals surface area contributed by atoms with Crippen LogP contribution in [0.25, 0.3) is 10.9 Å². The van der Waals surface area contributed by atoms with Crippen LogP contribution in [0.4, 0.5) is 10.5 Å². The Hall–Kier alpha value is -4.59. The Labute approximate surface area is 213 Å². The Bertz CT molecular complexity index is 1480. The number of nitrogens with zero attached hydrogens (tertiary/aromatic N) is 2. The van der Waals surface area contributed by atoms with E-state index in [2.05, 4.69) is 10.3 Å². The summed E-state index contributed by atoms with van der Waals surface area (Å²) in [4.78, 5) is 45.1. The number of carbonyl (C=O) groups is 3. The molecule has 1 saturated heterocycles. The molecule has 1 aromatic heterocycles. The van der Waals surface area contributed by atoms with E-state index in [1.807, 2.05) is 48.7 Å². The predicted molar refractivity (Wildman–Crippen MR) is 140 cm³/mol. The van der Waals surface area contributed by atoms with Gasteiger partial charge in [0.2, 0.25) is 0 Å². The first-order valence-electron chi connectivity index (χ1n) is 12.3. The van der Waals surface area contributed by atoms with E-state index >= 15 is 0 Å². The van der Waals surface area contributed by atoms with Crippen molar-refractivity contribution in [1.29, 1.82) is 0 Å². The molecule has 0 bridgehead atoms. The number of hydrogen-bond acceptors (Lipinski definition) is 4. The second-order valence-electron chi connectivity index (χ2n) is 9.35. The molecule has 0 radical (unpaired) electrons. The average Bonchev–Trinajstić information content (AvgIpc) is 3.44. The summed E-state index contributed by atoms with van der Waals surface area (Å²) in [5.41, 5.74) is 5.22. The SMILES string of the molecule is COc1ccc2[nH]cc(CCNC(=O)c3ccc(N4C(=O)[C@H]5Cc6ccccc6CN5C4=O)cc3)c2c1. The highest BCUT2D eigenvalue weighted by molar-refractivity contribution is 6.21. The van der Waals surface area contributed by atoms with Crippen LogP contribution in [0, 0.1) is 0 Å². The summed E-state index contributed by atoms with van der Waals surface area (Å²) in [6, 6.07) is 19.5. The molecule has 6 rings (SSSR count). The number of benzene rings is 3. The van der Waals surface area contributed by atoms with Crippen molar-refractivity contribution >= 4 is 34.4 Å². The standard InChI is InChI=1S/C29H26N4O4/c1-37-23-10-11-25-24(15-23)20(16-31-25)12-13-30-27(34)18-6-8-22(9-7-18)33-28(35)26-14-19-4-2-3-5-21(19)17-32(26)29(33)36/h2-11,15-16,26,31H,12-14,17H2,1H3,(H,30,34)/t26-/m1/s1. The Morgan fingerprint density at radius 3 is 2.62 bits per heavy atom. The molecular weight excluding hydrogens is 468 g/mol. The molecule has 1 fully saturated rings. The molecule has 0 saturated carbocycles. The lowest BCUT2D eigenvalue weighted by Crippen LogP contribution is -2.39. The third kappa shape index (κ3) is 4.00. The highest BCUT2D eigenvalue weighted by atomic mass is 16.5. The topological polar surface area (TPSA) is 94.7 Å². The molecule has 2 aliphatic rings. The zero-order valence-corrected chi connectivity index (χ0v) is 20.4. The Morgan fingerprint density at radius 2 is 1.84 bits per heavy atom. The molecule has 0 spiro atoms. The number of aromatic amines is 1. The highest BCUT2D eigenvalue weighted by Gasteiger charge is 2.47. The first-order chi connectivity index (χ1) is 18.0. The maximum absolute atomic E-state index is 13.1. The van der Waals surface area contributed by atoms with Gasteiger partial charge in [-0.2, -0.15) is 0 Å². The van der Waals surface area contributed by atoms with Crippen LogP contribution in [0.2, 0.25) is 0 Å². The van der Waals surface area contributed by atoms with Gasteiger partial charge in [0.05, 0.1) is 12.8 Å². The van der Waals surface area contributed by atoms with Gasteiger partial charge < -0.3 is 19.9 Å². The number of hydrogen-bond donors (Lipinski definition) is 2. The summed E-state index contributed by atoms with van der Waals surface area (Å²) in [6.07, 6.45) is 3.12. The van der Waals surface area contributed by atoms with E-state index in [0.29, 0.717) is 37.2 Å². The summed E-state index contributed by atoms with van der Waals surface area (Å²) >= 11 is 0. The van der Waals surface area contributed by atoms with Crippen molar-refractivity contribution in [3.8, 4) is 5.75 Å². The zero-order valence-electron chi connectivity index (χ0n) is 20.4. The van der Waals surface area contributed by atoms with Crippen molar-refractivity contribution in [2.45, 2.75) is 25.4 Å². The minimum absolute atomic E-state index is 0.212. The van der Waals surface area contributed by atoms with Crippen LogP contribution in [0.1, 0.15) is 27.0 Å². The van der Waals surface area contributed by atoms with Crippen molar-refractivity contribution < 1.29 is 19.1 Å². The van der Waals surface area contributed by atoms with Crippen molar-refractivity contribution in [1.82, 2.24) is 15.2 Å². The second kappa shape index (κ2) is 9.13. The number of imide groups is 1. The van der Waals surface area contributed by atoms with Crippen molar-refractivity contribution in [2.24, 2.45) is 0 Å². The minimum Gasteiger partial charge on any atom is -0.497 e. The van der Waals surface area contributed by atoms with Gasteiger partial charge in [-0.3, -0.25) is 9.59 Å². The number of amides is 4. The summed E-state index contributed by atoms with van der Waals surface area (Å²) in [5, 5.41) is 4.02. The number of aromatic nitrogens is 1. The lowest BCUT2D eigenvalue weighted by Gasteiger charge is -2.28. The van der Waals surface area contributed by atoms with Gasteiger partial charge >= 0.3 is 6.03 Å². The number of carbonyl (C=O) groups excluding carboxylic acids is 3. The molecule has 186 valence electrons. The van der Waals surface area contributed by atoms with E-state index in [1.165, 1.54) is 4.90 Å². The van der Waals surface area contributed by atoms with Crippen LogP contribution in [0.15, 0.2) is 72.9 Å². The first kappa shape index (κ1) is 22.8. The van der Waals surface area contributed by atoms with Gasteiger partial charge in [0.1, 0.15) is 11.8 Å². The average molecular weight is 495 g/mol. The van der Waals surface area contributed by atoms with Crippen molar-refractivity contribution in [2.75, 3.05) is 18.6 Å². The fourth-order valence-electron chi connectivity index (χ4n) is 5.22. The number of H-pyrrole nitrogens is 1. The van der Waals surface area contributed by atoms with Gasteiger partial charge in [0.15, 0.2) is 0 Å². The first-order valence-corrected chi connectivity index (χ1v) is 12.3. The summed E-state index contributed by atoms with van der Waals surface area (Å²) < 4.78 is 5.32. The van der Waals surface area contributed by atoms with Gasteiger partial charge in [-0.1, -0.05) is 24.3 Å². The summed E-state index contributed by atoms with van der Waals surface area (Å²) in [6.45, 7) is 0.886. The van der Waals surface area contributed by atoms with Crippen molar-refractivity contribution in [3.05, 3.63) is 95.2 Å². The molecule has 37 heavy (non-hydrogen) atoms. The maximum atomic E-state index is 13.1. The Balaban J connectivity index is 1.10. The van der Waals surface area contributed by atoms with Gasteiger partial charge in [-0.25, -0.2) is 9.69 Å². The molecule has 8 nitrogen and oxygen atoms in total. The van der Waals surface area contributed by atoms with Gasteiger partial charge in [0, 0.05) is 42.2 Å². The van der Waals surface area contributed by atoms with E-state index in [-0.39, 0.29) is 17.8 Å². The smallest absolute Gasteiger partial charge is 0.332 e. The number of ether oxygens (including phenoxy) is 1. The predicted octanol–water partition coefficient (Wildman–Crippen LogP) is 4.04. The molecule has 0 aliphatic carbocycles. The van der Waals surface area contributed by atoms with Crippen molar-refractivity contribution in [3.63, 3.8) is 0 Å². The molecule has 2 aliphatic heterocycles. The molecule has 3 aromatic carbocycles. The molecule has 2 N–H and O–H groups in total. The van der Waals surface area contributed by atoms with Crippen LogP contribution in [0.5, 0.6) is 5.75 Å². The number of nitrogens with one attached hydrogen (secondary N) is 2. The minimum atomic E-state index is -0.491. The third-order valence-corrected chi connectivity index (χ3v) is 7.23. The van der Waals surface area contributed by atoms with Crippen LogP contribution in [0.3, 0.4) is 0 Å². The van der Waals surface area contributed by atoms with E-state index < -0.39 is 6.04 Å². The Kier molecular flexibility index (Phi) is 5.64. The molecule has 4 amide bonds. The lowest BCUT2D eigenvalue weighted by atomic mass is 9.95. The monoisotopic (exact) mass is 494 g/mol. The van der Waals surface area contributed by atoms with Gasteiger partial charge in [-0.05, 0) is 65.6 Å². The quantitative estimate of drug-likeness (QED) is 0.396. The number of methoxy groups -OCH3 is 1. The summed E-state index contributed by atoms with van der Waals surface area (Å²) in [5.74, 6) is 0.344. The fourth-order valence-corrected chi connectivity index (χ4v) is 5.22. The van der Waals surface area contributed by atoms with E-state index in [1.54, 1.807) is 36.3 Å². The van der Waals surface area contributed by atoms with Gasteiger partial charge in [0.25, 0.3) is 11.8 Å². The van der Waals surface area contributed by atoms with Crippen LogP contribution in [-0.4, -0.2) is 47.4 Å². The molecule has 4 aromatic rings. The maximum Gasteiger partial charge on any atom is 0.332 e. The lowest BCUT2D eigenvalue weighted by molar-refractivity contribution is -0.120. The van der Waals surface area contributed by atoms with Crippen LogP contribution >= 0.6 is 0 Å². The highest BCUT2D eigenvalue weighted by Crippen LogP contribution is 2.33. The van der Waals surface area contributed by atoms with Crippen LogP contribution in [-0.2, 0) is 24.2 Å². The van der Waals surface area contributed by atoms with Gasteiger partial charge in [-0.15, -0.1) is 0 Å². The second-order valence-corrected chi connectivity index (χ2v) is 9.35. The number of fused-ring (bicyclic) bond motifs is 3. The summed E-state index contributed by atoms with van der Waals surface area (Å²) in [7, 11) is 1.64. The molecule has 3 heterocycles. The third-order valence-electron chi connectivity index (χ3n) is 7.23. The number of rotatable bonds is 6. The van der Waals surface area contributed by atoms with E-state index in [4.69, 9.17) is 4.74 Å². The fraction of sp³-hybridized carbons (Fsp3) is 0.207. The Morgan fingerprint density at radius 1 is 1.05 bits per heavy atom. The normalized spacial score (nSPS) is 16.6. The van der Waals surface area contributed by atoms with E-state index in [0.717, 1.165) is 33.3 Å². The molecule has 1 atom stereocenters. The molecule has 8 heteroatoms. The van der Waals surface area contributed by atoms with E-state index in [9.17, 15) is 14.4 Å². The molecule has 0 unspecified atom stereocenters. The molecular formula is C29H26N4O4. The zero-order chi connectivity index (χ0) is 25.5. The largest absolute Gasteiger partial charge is 0.497 e. The number of anilines is 1.